The fraction of sp³-hybridized carbons (Fsp3) is 0.400. The lowest BCUT2D eigenvalue weighted by atomic mass is 10.2. The van der Waals surface area contributed by atoms with Gasteiger partial charge in [0.05, 0.1) is 29.9 Å². The maximum absolute atomic E-state index is 12.8. The van der Waals surface area contributed by atoms with Crippen LogP contribution in [0.2, 0.25) is 0 Å². The molecule has 0 atom stereocenters. The number of nitrogens with one attached hydrogen (secondary N) is 1. The minimum atomic E-state index is -0.136. The lowest BCUT2D eigenvalue weighted by molar-refractivity contribution is -0.118. The van der Waals surface area contributed by atoms with Gasteiger partial charge in [-0.25, -0.2) is 0 Å². The average molecular weight is 429 g/mol. The first-order valence-electron chi connectivity index (χ1n) is 9.86. The van der Waals surface area contributed by atoms with Gasteiger partial charge in [-0.2, -0.15) is 0 Å². The second kappa shape index (κ2) is 9.41. The Morgan fingerprint density at radius 2 is 2.07 bits per heavy atom. The standard InChI is InChI=1S/C20H24N6O3S/c1-2-8-25-18(28)15-5-3-4-6-16(15)26-19(25)22-23-20(26)30-14-17(27)21-7-9-24-10-12-29-13-11-24/h2-6H,1,7-14H2,(H,21,27). The predicted octanol–water partition coefficient (Wildman–Crippen LogP) is 0.771. The average Bonchev–Trinajstić information content (AvgIpc) is 3.20. The third-order valence-electron chi connectivity index (χ3n) is 4.98. The lowest BCUT2D eigenvalue weighted by Gasteiger charge is -2.26. The highest BCUT2D eigenvalue weighted by Crippen LogP contribution is 2.21. The number of allylic oxidation sites excluding steroid dienone is 1. The summed E-state index contributed by atoms with van der Waals surface area (Å²) in [6.07, 6.45) is 1.65. The zero-order chi connectivity index (χ0) is 20.9. The fourth-order valence-corrected chi connectivity index (χ4v) is 4.25. The number of hydrogen-bond donors (Lipinski definition) is 1. The highest BCUT2D eigenvalue weighted by Gasteiger charge is 2.17. The molecule has 2 aromatic heterocycles. The molecule has 1 fully saturated rings. The number of para-hydroxylation sites is 1. The maximum atomic E-state index is 12.8. The number of hydrogen-bond acceptors (Lipinski definition) is 7. The summed E-state index contributed by atoms with van der Waals surface area (Å²) in [4.78, 5) is 27.4. The Kier molecular flexibility index (Phi) is 6.46. The molecule has 1 saturated heterocycles. The van der Waals surface area contributed by atoms with Crippen LogP contribution in [0.15, 0.2) is 46.9 Å². The summed E-state index contributed by atoms with van der Waals surface area (Å²) in [6, 6.07) is 7.33. The molecule has 30 heavy (non-hydrogen) atoms. The first kappa shape index (κ1) is 20.6. The molecule has 0 spiro atoms. The Balaban J connectivity index is 1.48. The second-order valence-corrected chi connectivity index (χ2v) is 7.87. The molecule has 0 bridgehead atoms. The number of morpholine rings is 1. The van der Waals surface area contributed by atoms with Crippen LogP contribution in [0.4, 0.5) is 0 Å². The number of amides is 1. The molecule has 1 amide bonds. The number of nitrogens with zero attached hydrogens (tertiary/aromatic N) is 5. The van der Waals surface area contributed by atoms with Crippen LogP contribution in [-0.2, 0) is 16.1 Å². The molecule has 3 heterocycles. The van der Waals surface area contributed by atoms with E-state index in [0.717, 1.165) is 38.4 Å². The van der Waals surface area contributed by atoms with E-state index >= 15 is 0 Å². The van der Waals surface area contributed by atoms with Crippen LogP contribution in [0.25, 0.3) is 16.7 Å². The lowest BCUT2D eigenvalue weighted by Crippen LogP contribution is -2.41. The number of fused-ring (bicyclic) bond motifs is 3. The highest BCUT2D eigenvalue weighted by atomic mass is 32.2. The van der Waals surface area contributed by atoms with Crippen molar-refractivity contribution < 1.29 is 9.53 Å². The quantitative estimate of drug-likeness (QED) is 0.418. The molecular weight excluding hydrogens is 404 g/mol. The third-order valence-corrected chi connectivity index (χ3v) is 5.91. The predicted molar refractivity (Wildman–Crippen MR) is 116 cm³/mol. The van der Waals surface area contributed by atoms with Crippen LogP contribution in [0.1, 0.15) is 0 Å². The molecule has 0 aliphatic carbocycles. The zero-order valence-electron chi connectivity index (χ0n) is 16.6. The van der Waals surface area contributed by atoms with E-state index in [1.807, 2.05) is 22.6 Å². The molecule has 1 aliphatic heterocycles. The van der Waals surface area contributed by atoms with Gasteiger partial charge in [-0.15, -0.1) is 16.8 Å². The number of benzene rings is 1. The summed E-state index contributed by atoms with van der Waals surface area (Å²) < 4.78 is 8.69. The summed E-state index contributed by atoms with van der Waals surface area (Å²) in [7, 11) is 0. The number of thioether (sulfide) groups is 1. The number of rotatable bonds is 8. The number of carbonyl (C=O) groups excluding carboxylic acids is 1. The van der Waals surface area contributed by atoms with Gasteiger partial charge in [0.1, 0.15) is 0 Å². The van der Waals surface area contributed by atoms with E-state index in [1.54, 1.807) is 12.1 Å². The SMILES string of the molecule is C=CCn1c(=O)c2ccccc2n2c(SCC(=O)NCCN3CCOCC3)nnc12. The van der Waals surface area contributed by atoms with Crippen LogP contribution in [-0.4, -0.2) is 75.1 Å². The molecule has 3 aromatic rings. The number of ether oxygens (including phenoxy) is 1. The van der Waals surface area contributed by atoms with Crippen molar-refractivity contribution >= 4 is 34.3 Å². The van der Waals surface area contributed by atoms with Crippen molar-refractivity contribution in [1.29, 1.82) is 0 Å². The molecule has 4 rings (SSSR count). The molecule has 0 radical (unpaired) electrons. The van der Waals surface area contributed by atoms with Gasteiger partial charge in [-0.1, -0.05) is 30.0 Å². The maximum Gasteiger partial charge on any atom is 0.263 e. The molecule has 0 unspecified atom stereocenters. The van der Waals surface area contributed by atoms with E-state index in [4.69, 9.17) is 4.74 Å². The molecule has 1 N–H and O–H groups in total. The third kappa shape index (κ3) is 4.25. The van der Waals surface area contributed by atoms with Gasteiger partial charge in [-0.3, -0.25) is 23.5 Å². The van der Waals surface area contributed by atoms with E-state index in [9.17, 15) is 9.59 Å². The van der Waals surface area contributed by atoms with Crippen molar-refractivity contribution in [2.75, 3.05) is 45.1 Å². The first-order chi connectivity index (χ1) is 14.7. The monoisotopic (exact) mass is 428 g/mol. The van der Waals surface area contributed by atoms with E-state index < -0.39 is 0 Å². The van der Waals surface area contributed by atoms with Gasteiger partial charge in [0.15, 0.2) is 5.16 Å². The van der Waals surface area contributed by atoms with Gasteiger partial charge >= 0.3 is 0 Å². The Morgan fingerprint density at radius 3 is 2.87 bits per heavy atom. The van der Waals surface area contributed by atoms with Crippen LogP contribution < -0.4 is 10.9 Å². The summed E-state index contributed by atoms with van der Waals surface area (Å²) in [6.45, 7) is 8.76. The van der Waals surface area contributed by atoms with E-state index in [-0.39, 0.29) is 17.2 Å². The molecular formula is C20H24N6O3S. The molecule has 9 nitrogen and oxygen atoms in total. The Hall–Kier alpha value is -2.69. The second-order valence-electron chi connectivity index (χ2n) is 6.93. The molecule has 158 valence electrons. The van der Waals surface area contributed by atoms with Crippen molar-refractivity contribution in [1.82, 2.24) is 29.4 Å². The molecule has 1 aromatic carbocycles. The van der Waals surface area contributed by atoms with Gasteiger partial charge in [0.2, 0.25) is 11.7 Å². The van der Waals surface area contributed by atoms with E-state index in [0.29, 0.717) is 29.4 Å². The molecule has 0 saturated carbocycles. The van der Waals surface area contributed by atoms with Crippen molar-refractivity contribution in [3.63, 3.8) is 0 Å². The molecule has 10 heteroatoms. The minimum Gasteiger partial charge on any atom is -0.379 e. The topological polar surface area (TPSA) is 93.8 Å². The summed E-state index contributed by atoms with van der Waals surface area (Å²) >= 11 is 1.30. The summed E-state index contributed by atoms with van der Waals surface area (Å²) in [5, 5.41) is 12.5. The smallest absolute Gasteiger partial charge is 0.263 e. The van der Waals surface area contributed by atoms with Crippen molar-refractivity contribution in [3.05, 3.63) is 47.3 Å². The Morgan fingerprint density at radius 1 is 1.27 bits per heavy atom. The first-order valence-corrected chi connectivity index (χ1v) is 10.8. The van der Waals surface area contributed by atoms with Crippen LogP contribution in [0.3, 0.4) is 0 Å². The Bertz CT molecular complexity index is 1120. The van der Waals surface area contributed by atoms with Gasteiger partial charge in [0, 0.05) is 32.7 Å². The van der Waals surface area contributed by atoms with Gasteiger partial charge in [-0.05, 0) is 12.1 Å². The van der Waals surface area contributed by atoms with Crippen molar-refractivity contribution in [3.8, 4) is 0 Å². The summed E-state index contributed by atoms with van der Waals surface area (Å²) in [5.41, 5.74) is 0.584. The number of aromatic nitrogens is 4. The van der Waals surface area contributed by atoms with Crippen molar-refractivity contribution in [2.45, 2.75) is 11.7 Å². The van der Waals surface area contributed by atoms with E-state index in [1.165, 1.54) is 16.3 Å². The largest absolute Gasteiger partial charge is 0.379 e. The van der Waals surface area contributed by atoms with Gasteiger partial charge in [0.25, 0.3) is 5.56 Å². The number of carbonyl (C=O) groups is 1. The summed E-state index contributed by atoms with van der Waals surface area (Å²) in [5.74, 6) is 0.598. The van der Waals surface area contributed by atoms with Crippen LogP contribution in [0.5, 0.6) is 0 Å². The Labute approximate surface area is 177 Å². The minimum absolute atomic E-state index is 0.0614. The van der Waals surface area contributed by atoms with Gasteiger partial charge < -0.3 is 10.1 Å². The fourth-order valence-electron chi connectivity index (χ4n) is 3.48. The van der Waals surface area contributed by atoms with Crippen LogP contribution in [0, 0.1) is 0 Å². The van der Waals surface area contributed by atoms with E-state index in [2.05, 4.69) is 27.0 Å². The normalized spacial score (nSPS) is 14.9. The molecule has 1 aliphatic rings. The van der Waals surface area contributed by atoms with Crippen LogP contribution >= 0.6 is 11.8 Å². The van der Waals surface area contributed by atoms with Crippen molar-refractivity contribution in [2.24, 2.45) is 0 Å². The zero-order valence-corrected chi connectivity index (χ0v) is 17.4. The highest BCUT2D eigenvalue weighted by molar-refractivity contribution is 7.99.